The van der Waals surface area contributed by atoms with Crippen LogP contribution >= 0.6 is 0 Å². The predicted molar refractivity (Wildman–Crippen MR) is 92.6 cm³/mol. The molecule has 0 aromatic heterocycles. The zero-order valence-corrected chi connectivity index (χ0v) is 14.3. The van der Waals surface area contributed by atoms with Gasteiger partial charge in [-0.25, -0.2) is 0 Å². The van der Waals surface area contributed by atoms with Gasteiger partial charge in [0.1, 0.15) is 12.2 Å². The van der Waals surface area contributed by atoms with Crippen molar-refractivity contribution in [3.63, 3.8) is 0 Å². The lowest BCUT2D eigenvalue weighted by molar-refractivity contribution is -0.176. The zero-order chi connectivity index (χ0) is 17.3. The third-order valence-corrected chi connectivity index (χ3v) is 5.18. The van der Waals surface area contributed by atoms with E-state index >= 15 is 0 Å². The molecule has 3 unspecified atom stereocenters. The Hall–Kier alpha value is -2.17. The van der Waals surface area contributed by atoms with Crippen molar-refractivity contribution in [3.05, 3.63) is 71.8 Å². The Labute approximate surface area is 147 Å². The van der Waals surface area contributed by atoms with Gasteiger partial charge >= 0.3 is 5.97 Å². The number of esters is 1. The molecule has 0 radical (unpaired) electrons. The van der Waals surface area contributed by atoms with Crippen molar-refractivity contribution in [2.24, 2.45) is 5.92 Å². The second kappa shape index (κ2) is 6.62. The number of carbonyl (C=O) groups excluding carboxylic acids is 1. The minimum atomic E-state index is -0.708. The van der Waals surface area contributed by atoms with Crippen LogP contribution in [0.3, 0.4) is 0 Å². The van der Waals surface area contributed by atoms with Crippen molar-refractivity contribution in [3.8, 4) is 0 Å². The van der Waals surface area contributed by atoms with Crippen LogP contribution in [-0.4, -0.2) is 18.9 Å². The van der Waals surface area contributed by atoms with Gasteiger partial charge in [0, 0.05) is 12.8 Å². The molecule has 1 aliphatic carbocycles. The fraction of sp³-hybridized carbons (Fsp3) is 0.381. The third-order valence-electron chi connectivity index (χ3n) is 5.18. The first-order valence-electron chi connectivity index (χ1n) is 8.74. The van der Waals surface area contributed by atoms with Gasteiger partial charge in [-0.05, 0) is 17.5 Å². The Morgan fingerprint density at radius 1 is 0.960 bits per heavy atom. The summed E-state index contributed by atoms with van der Waals surface area (Å²) in [5.41, 5.74) is 2.18. The lowest BCUT2D eigenvalue weighted by Crippen LogP contribution is -2.28. The molecule has 2 aliphatic rings. The van der Waals surface area contributed by atoms with Gasteiger partial charge in [0.2, 0.25) is 0 Å². The molecule has 2 aromatic rings. The molecule has 2 aromatic carbocycles. The SMILES string of the molecule is COC(=O)C1CCC2(C1)OC(c1ccccc1)[C@H](c1ccccc1)O2. The largest absolute Gasteiger partial charge is 0.469 e. The quantitative estimate of drug-likeness (QED) is 0.788. The van der Waals surface area contributed by atoms with Crippen LogP contribution in [0, 0.1) is 5.92 Å². The molecule has 130 valence electrons. The molecule has 1 spiro atoms. The number of carbonyl (C=O) groups is 1. The van der Waals surface area contributed by atoms with Crippen LogP contribution in [0.15, 0.2) is 60.7 Å². The molecule has 1 aliphatic heterocycles. The van der Waals surface area contributed by atoms with Crippen molar-refractivity contribution >= 4 is 5.97 Å². The summed E-state index contributed by atoms with van der Waals surface area (Å²) in [4.78, 5) is 11.9. The Bertz CT molecular complexity index is 681. The van der Waals surface area contributed by atoms with E-state index in [4.69, 9.17) is 14.2 Å². The molecule has 0 N–H and O–H groups in total. The number of methoxy groups -OCH3 is 1. The van der Waals surface area contributed by atoms with E-state index in [0.717, 1.165) is 17.5 Å². The summed E-state index contributed by atoms with van der Waals surface area (Å²) >= 11 is 0. The second-order valence-corrected chi connectivity index (χ2v) is 6.77. The molecule has 0 amide bonds. The van der Waals surface area contributed by atoms with E-state index in [1.165, 1.54) is 7.11 Å². The third kappa shape index (κ3) is 3.08. The molecule has 4 nitrogen and oxygen atoms in total. The normalized spacial score (nSPS) is 31.3. The van der Waals surface area contributed by atoms with E-state index in [2.05, 4.69) is 24.3 Å². The molecule has 4 atom stereocenters. The maximum Gasteiger partial charge on any atom is 0.308 e. The van der Waals surface area contributed by atoms with Crippen LogP contribution in [0.1, 0.15) is 42.6 Å². The Kier molecular flexibility index (Phi) is 4.32. The lowest BCUT2D eigenvalue weighted by atomic mass is 9.99. The van der Waals surface area contributed by atoms with Crippen LogP contribution in [0.4, 0.5) is 0 Å². The van der Waals surface area contributed by atoms with Gasteiger partial charge in [-0.2, -0.15) is 0 Å². The molecule has 4 rings (SSSR count). The number of rotatable bonds is 3. The summed E-state index contributed by atoms with van der Waals surface area (Å²) in [6.07, 6.45) is 1.63. The minimum absolute atomic E-state index is 0.157. The summed E-state index contributed by atoms with van der Waals surface area (Å²) in [5, 5.41) is 0. The van der Waals surface area contributed by atoms with E-state index in [9.17, 15) is 4.79 Å². The van der Waals surface area contributed by atoms with Gasteiger partial charge in [0.25, 0.3) is 0 Å². The van der Waals surface area contributed by atoms with Crippen molar-refractivity contribution in [1.82, 2.24) is 0 Å². The smallest absolute Gasteiger partial charge is 0.308 e. The first-order chi connectivity index (χ1) is 12.2. The average Bonchev–Trinajstić information content (AvgIpc) is 3.27. The summed E-state index contributed by atoms with van der Waals surface area (Å²) < 4.78 is 17.8. The van der Waals surface area contributed by atoms with Crippen molar-refractivity contribution < 1.29 is 19.0 Å². The van der Waals surface area contributed by atoms with E-state index in [0.29, 0.717) is 12.8 Å². The van der Waals surface area contributed by atoms with E-state index < -0.39 is 5.79 Å². The molecular formula is C21H22O4. The number of ether oxygens (including phenoxy) is 3. The van der Waals surface area contributed by atoms with Gasteiger partial charge in [0.05, 0.1) is 13.0 Å². The molecule has 1 saturated heterocycles. The summed E-state index contributed by atoms with van der Waals surface area (Å²) in [6, 6.07) is 20.3. The molecule has 1 saturated carbocycles. The minimum Gasteiger partial charge on any atom is -0.469 e. The number of hydrogen-bond acceptors (Lipinski definition) is 4. The summed E-state index contributed by atoms with van der Waals surface area (Å²) in [5.74, 6) is -1.04. The Balaban J connectivity index is 1.64. The lowest BCUT2D eigenvalue weighted by Gasteiger charge is -2.22. The topological polar surface area (TPSA) is 44.8 Å². The van der Waals surface area contributed by atoms with Gasteiger partial charge < -0.3 is 14.2 Å². The van der Waals surface area contributed by atoms with Crippen molar-refractivity contribution in [2.45, 2.75) is 37.3 Å². The number of benzene rings is 2. The molecule has 25 heavy (non-hydrogen) atoms. The maximum atomic E-state index is 11.9. The first-order valence-corrected chi connectivity index (χ1v) is 8.74. The fourth-order valence-corrected chi connectivity index (χ4v) is 3.94. The maximum absolute atomic E-state index is 11.9. The second-order valence-electron chi connectivity index (χ2n) is 6.77. The molecule has 2 fully saturated rings. The Morgan fingerprint density at radius 2 is 1.48 bits per heavy atom. The number of hydrogen-bond donors (Lipinski definition) is 0. The highest BCUT2D eigenvalue weighted by Gasteiger charge is 2.53. The fourth-order valence-electron chi connectivity index (χ4n) is 3.94. The van der Waals surface area contributed by atoms with E-state index in [1.54, 1.807) is 0 Å². The van der Waals surface area contributed by atoms with Crippen LogP contribution in [0.2, 0.25) is 0 Å². The monoisotopic (exact) mass is 338 g/mol. The van der Waals surface area contributed by atoms with E-state index in [1.807, 2.05) is 36.4 Å². The van der Waals surface area contributed by atoms with Gasteiger partial charge in [-0.1, -0.05) is 60.7 Å². The molecular weight excluding hydrogens is 316 g/mol. The average molecular weight is 338 g/mol. The summed E-state index contributed by atoms with van der Waals surface area (Å²) in [7, 11) is 1.43. The van der Waals surface area contributed by atoms with E-state index in [-0.39, 0.29) is 24.1 Å². The highest BCUT2D eigenvalue weighted by Crippen LogP contribution is 2.54. The van der Waals surface area contributed by atoms with Crippen molar-refractivity contribution in [1.29, 1.82) is 0 Å². The van der Waals surface area contributed by atoms with Crippen molar-refractivity contribution in [2.75, 3.05) is 7.11 Å². The van der Waals surface area contributed by atoms with Crippen LogP contribution in [0.5, 0.6) is 0 Å². The molecule has 4 heteroatoms. The highest BCUT2D eigenvalue weighted by atomic mass is 16.8. The standard InChI is InChI=1S/C21H22O4/c1-23-20(22)17-12-13-21(14-17)24-18(15-8-4-2-5-9-15)19(25-21)16-10-6-3-7-11-16/h2-11,17-19H,12-14H2,1H3/t17?,18-,19?,21?/m0/s1. The predicted octanol–water partition coefficient (Wildman–Crippen LogP) is 4.19. The molecule has 0 bridgehead atoms. The van der Waals surface area contributed by atoms with Gasteiger partial charge in [-0.3, -0.25) is 4.79 Å². The summed E-state index contributed by atoms with van der Waals surface area (Å²) in [6.45, 7) is 0. The zero-order valence-electron chi connectivity index (χ0n) is 14.3. The first kappa shape index (κ1) is 16.3. The van der Waals surface area contributed by atoms with Crippen LogP contribution in [-0.2, 0) is 19.0 Å². The highest BCUT2D eigenvalue weighted by molar-refractivity contribution is 5.72. The van der Waals surface area contributed by atoms with Gasteiger partial charge in [-0.15, -0.1) is 0 Å². The molecule has 1 heterocycles. The van der Waals surface area contributed by atoms with Crippen LogP contribution < -0.4 is 0 Å². The van der Waals surface area contributed by atoms with Crippen LogP contribution in [0.25, 0.3) is 0 Å². The van der Waals surface area contributed by atoms with Gasteiger partial charge in [0.15, 0.2) is 5.79 Å². The Morgan fingerprint density at radius 3 is 1.96 bits per heavy atom.